The van der Waals surface area contributed by atoms with Gasteiger partial charge >= 0.3 is 0 Å². The summed E-state index contributed by atoms with van der Waals surface area (Å²) >= 11 is 12.3. The van der Waals surface area contributed by atoms with Gasteiger partial charge in [0.15, 0.2) is 0 Å². The minimum Gasteiger partial charge on any atom is -0.339 e. The first-order chi connectivity index (χ1) is 12.5. The van der Waals surface area contributed by atoms with Crippen molar-refractivity contribution in [2.24, 2.45) is 0 Å². The number of benzene rings is 1. The number of carbonyl (C=O) groups excluding carboxylic acids is 2. The number of hydrogen-bond acceptors (Lipinski definition) is 5. The maximum atomic E-state index is 12.7. The molecule has 1 aromatic carbocycles. The lowest BCUT2D eigenvalue weighted by molar-refractivity contribution is -0.130. The molecular weight excluding hydrogens is 377 g/mol. The summed E-state index contributed by atoms with van der Waals surface area (Å²) < 4.78 is 0. The Balaban J connectivity index is 1.73. The molecule has 1 N–H and O–H groups in total. The largest absolute Gasteiger partial charge is 0.339 e. The van der Waals surface area contributed by atoms with Crippen LogP contribution >= 0.6 is 23.2 Å². The summed E-state index contributed by atoms with van der Waals surface area (Å²) in [7, 11) is 0. The zero-order valence-corrected chi connectivity index (χ0v) is 15.6. The predicted molar refractivity (Wildman–Crippen MR) is 99.9 cm³/mol. The van der Waals surface area contributed by atoms with Crippen LogP contribution in [0.15, 0.2) is 30.6 Å². The molecular formula is C17H17Cl2N5O2. The zero-order chi connectivity index (χ0) is 18.7. The average molecular weight is 394 g/mol. The molecule has 0 spiro atoms. The summed E-state index contributed by atoms with van der Waals surface area (Å²) in [5.41, 5.74) is 0.782. The van der Waals surface area contributed by atoms with Crippen LogP contribution in [0.5, 0.6) is 0 Å². The van der Waals surface area contributed by atoms with Crippen molar-refractivity contribution in [3.8, 4) is 0 Å². The van der Waals surface area contributed by atoms with Gasteiger partial charge in [-0.2, -0.15) is 0 Å². The van der Waals surface area contributed by atoms with Crippen LogP contribution < -0.4 is 5.32 Å². The number of nitrogens with one attached hydrogen (secondary N) is 1. The van der Waals surface area contributed by atoms with Crippen molar-refractivity contribution in [1.29, 1.82) is 0 Å². The van der Waals surface area contributed by atoms with Crippen LogP contribution in [0, 0.1) is 0 Å². The lowest BCUT2D eigenvalue weighted by atomic mass is 10.2. The second-order valence-corrected chi connectivity index (χ2v) is 6.62. The molecule has 0 radical (unpaired) electrons. The van der Waals surface area contributed by atoms with Gasteiger partial charge in [-0.1, -0.05) is 29.3 Å². The van der Waals surface area contributed by atoms with Gasteiger partial charge in [-0.3, -0.25) is 9.59 Å². The minimum absolute atomic E-state index is 0.0160. The molecule has 0 unspecified atom stereocenters. The van der Waals surface area contributed by atoms with Crippen LogP contribution in [0.3, 0.4) is 0 Å². The zero-order valence-electron chi connectivity index (χ0n) is 14.1. The smallest absolute Gasteiger partial charge is 0.272 e. The van der Waals surface area contributed by atoms with E-state index in [2.05, 4.69) is 15.3 Å². The highest BCUT2D eigenvalue weighted by Crippen LogP contribution is 2.32. The van der Waals surface area contributed by atoms with Gasteiger partial charge in [0.1, 0.15) is 17.8 Å². The van der Waals surface area contributed by atoms with Crippen LogP contribution in [0.25, 0.3) is 0 Å². The number of aromatic nitrogens is 2. The van der Waals surface area contributed by atoms with E-state index in [1.807, 2.05) is 0 Å². The highest BCUT2D eigenvalue weighted by molar-refractivity contribution is 6.39. The highest BCUT2D eigenvalue weighted by atomic mass is 35.5. The minimum atomic E-state index is -0.205. The standard InChI is InChI=1S/C17H17Cl2N5O2/c1-11(25)23-5-7-24(8-6-23)17(26)14-9-15(21-10-20-14)22-16-12(18)3-2-4-13(16)19/h2-4,9-10H,5-8H2,1H3,(H,20,21,22). The SMILES string of the molecule is CC(=O)N1CCN(C(=O)c2cc(Nc3c(Cl)cccc3Cl)ncn2)CC1. The normalized spacial score (nSPS) is 14.3. The second kappa shape index (κ2) is 7.88. The van der Waals surface area contributed by atoms with E-state index < -0.39 is 0 Å². The summed E-state index contributed by atoms with van der Waals surface area (Å²) in [5.74, 6) is 0.229. The number of rotatable bonds is 3. The average Bonchev–Trinajstić information content (AvgIpc) is 2.64. The molecule has 0 bridgehead atoms. The van der Waals surface area contributed by atoms with E-state index in [0.29, 0.717) is 47.7 Å². The topological polar surface area (TPSA) is 78.4 Å². The molecule has 2 amide bonds. The molecule has 1 aliphatic rings. The fourth-order valence-corrected chi connectivity index (χ4v) is 3.17. The first kappa shape index (κ1) is 18.4. The number of carbonyl (C=O) groups is 2. The van der Waals surface area contributed by atoms with Crippen molar-refractivity contribution in [1.82, 2.24) is 19.8 Å². The van der Waals surface area contributed by atoms with E-state index in [1.54, 1.807) is 34.1 Å². The lowest BCUT2D eigenvalue weighted by Gasteiger charge is -2.34. The number of anilines is 2. The molecule has 2 aromatic rings. The maximum Gasteiger partial charge on any atom is 0.272 e. The van der Waals surface area contributed by atoms with E-state index in [0.717, 1.165) is 0 Å². The van der Waals surface area contributed by atoms with E-state index in [1.165, 1.54) is 13.3 Å². The van der Waals surface area contributed by atoms with Crippen molar-refractivity contribution < 1.29 is 9.59 Å². The summed E-state index contributed by atoms with van der Waals surface area (Å²) in [5, 5.41) is 3.92. The number of amides is 2. The van der Waals surface area contributed by atoms with Crippen molar-refractivity contribution in [2.75, 3.05) is 31.5 Å². The molecule has 1 aromatic heterocycles. The van der Waals surface area contributed by atoms with Gasteiger partial charge in [-0.05, 0) is 12.1 Å². The Hall–Kier alpha value is -2.38. The van der Waals surface area contributed by atoms with Crippen LogP contribution in [-0.4, -0.2) is 57.8 Å². The molecule has 9 heteroatoms. The van der Waals surface area contributed by atoms with Gasteiger partial charge in [0, 0.05) is 39.2 Å². The molecule has 26 heavy (non-hydrogen) atoms. The first-order valence-corrected chi connectivity index (χ1v) is 8.79. The fraction of sp³-hybridized carbons (Fsp3) is 0.294. The van der Waals surface area contributed by atoms with Gasteiger partial charge in [0.05, 0.1) is 15.7 Å². The van der Waals surface area contributed by atoms with E-state index >= 15 is 0 Å². The van der Waals surface area contributed by atoms with Gasteiger partial charge in [-0.15, -0.1) is 0 Å². The lowest BCUT2D eigenvalue weighted by Crippen LogP contribution is -2.50. The van der Waals surface area contributed by atoms with Crippen molar-refractivity contribution in [2.45, 2.75) is 6.92 Å². The Morgan fingerprint density at radius 3 is 2.27 bits per heavy atom. The van der Waals surface area contributed by atoms with Crippen LogP contribution in [0.4, 0.5) is 11.5 Å². The molecule has 1 aliphatic heterocycles. The Kier molecular flexibility index (Phi) is 5.58. The van der Waals surface area contributed by atoms with Crippen LogP contribution in [0.2, 0.25) is 10.0 Å². The first-order valence-electron chi connectivity index (χ1n) is 8.03. The van der Waals surface area contributed by atoms with Gasteiger partial charge in [0.2, 0.25) is 5.91 Å². The Labute approximate surface area is 160 Å². The van der Waals surface area contributed by atoms with Gasteiger partial charge < -0.3 is 15.1 Å². The number of para-hydroxylation sites is 1. The number of hydrogen-bond donors (Lipinski definition) is 1. The molecule has 0 saturated carbocycles. The monoisotopic (exact) mass is 393 g/mol. The molecule has 136 valence electrons. The summed E-state index contributed by atoms with van der Waals surface area (Å²) in [4.78, 5) is 35.6. The summed E-state index contributed by atoms with van der Waals surface area (Å²) in [6.07, 6.45) is 1.31. The Morgan fingerprint density at radius 1 is 1.04 bits per heavy atom. The molecule has 7 nitrogen and oxygen atoms in total. The molecule has 1 fully saturated rings. The van der Waals surface area contributed by atoms with Gasteiger partial charge in [-0.25, -0.2) is 9.97 Å². The third kappa shape index (κ3) is 4.05. The summed E-state index contributed by atoms with van der Waals surface area (Å²) in [6.45, 7) is 3.52. The fourth-order valence-electron chi connectivity index (χ4n) is 2.67. The Bertz CT molecular complexity index is 817. The van der Waals surface area contributed by atoms with Crippen molar-refractivity contribution in [3.63, 3.8) is 0 Å². The second-order valence-electron chi connectivity index (χ2n) is 5.81. The number of halogens is 2. The van der Waals surface area contributed by atoms with Crippen molar-refractivity contribution >= 4 is 46.5 Å². The molecule has 0 atom stereocenters. The number of nitrogens with zero attached hydrogens (tertiary/aromatic N) is 4. The van der Waals surface area contributed by atoms with Crippen molar-refractivity contribution in [3.05, 3.63) is 46.3 Å². The van der Waals surface area contributed by atoms with E-state index in [9.17, 15) is 9.59 Å². The molecule has 1 saturated heterocycles. The maximum absolute atomic E-state index is 12.7. The van der Waals surface area contributed by atoms with E-state index in [-0.39, 0.29) is 17.5 Å². The molecule has 3 rings (SSSR count). The highest BCUT2D eigenvalue weighted by Gasteiger charge is 2.24. The van der Waals surface area contributed by atoms with Crippen LogP contribution in [0.1, 0.15) is 17.4 Å². The molecule has 2 heterocycles. The van der Waals surface area contributed by atoms with E-state index in [4.69, 9.17) is 23.2 Å². The third-order valence-electron chi connectivity index (χ3n) is 4.11. The van der Waals surface area contributed by atoms with Crippen LogP contribution in [-0.2, 0) is 4.79 Å². The molecule has 0 aliphatic carbocycles. The quantitative estimate of drug-likeness (QED) is 0.866. The number of piperazine rings is 1. The van der Waals surface area contributed by atoms with Gasteiger partial charge in [0.25, 0.3) is 5.91 Å². The summed E-state index contributed by atoms with van der Waals surface area (Å²) in [6, 6.07) is 6.71. The Morgan fingerprint density at radius 2 is 1.65 bits per heavy atom. The third-order valence-corrected chi connectivity index (χ3v) is 4.74. The predicted octanol–water partition coefficient (Wildman–Crippen LogP) is 2.83.